The van der Waals surface area contributed by atoms with Gasteiger partial charge in [0.05, 0.1) is 0 Å². The third-order valence-electron chi connectivity index (χ3n) is 5.39. The van der Waals surface area contributed by atoms with Gasteiger partial charge in [0.15, 0.2) is 10.9 Å². The number of aromatic nitrogens is 2. The fourth-order valence-electron chi connectivity index (χ4n) is 4.01. The van der Waals surface area contributed by atoms with Gasteiger partial charge in [-0.05, 0) is 38.1 Å². The summed E-state index contributed by atoms with van der Waals surface area (Å²) in [5.41, 5.74) is 7.15. The number of pyridine rings is 2. The summed E-state index contributed by atoms with van der Waals surface area (Å²) in [6, 6.07) is 11.7. The number of rotatable bonds is 0. The number of fused-ring (bicyclic) bond motifs is 4. The van der Waals surface area contributed by atoms with E-state index in [9.17, 15) is 9.59 Å². The Morgan fingerprint density at radius 3 is 1.54 bits per heavy atom. The number of aryl methyl sites for hydroxylation is 2. The molecule has 128 valence electrons. The predicted molar refractivity (Wildman–Crippen MR) is 104 cm³/mol. The minimum absolute atomic E-state index is 0.0629. The molecular weight excluding hydrogens is 324 g/mol. The summed E-state index contributed by atoms with van der Waals surface area (Å²) in [4.78, 5) is 32.8. The molecule has 0 fully saturated rings. The summed E-state index contributed by atoms with van der Waals surface area (Å²) >= 11 is 0. The van der Waals surface area contributed by atoms with Crippen molar-refractivity contribution in [1.29, 1.82) is 0 Å². The topological polar surface area (TPSA) is 65.7 Å². The molecule has 4 nitrogen and oxygen atoms in total. The van der Waals surface area contributed by atoms with Crippen LogP contribution in [0.25, 0.3) is 21.8 Å². The van der Waals surface area contributed by atoms with Crippen LogP contribution in [0.1, 0.15) is 33.6 Å². The van der Waals surface area contributed by atoms with Gasteiger partial charge in [-0.25, -0.2) is 0 Å². The standard InChI is InChI=1S/C22H18N2O2/c1-11-3-5-17-13(7-11)21(25)15-9-20-16(10-19(15)23-17)22(26)14-8-12(2)4-6-18(14)24-20/h3-8H,9-10H2,1-2H3,(H,23,25)(H,24,26). The second-order valence-electron chi connectivity index (χ2n) is 7.27. The zero-order valence-electron chi connectivity index (χ0n) is 14.7. The van der Waals surface area contributed by atoms with Gasteiger partial charge in [0.1, 0.15) is 0 Å². The van der Waals surface area contributed by atoms with Crippen LogP contribution in [-0.4, -0.2) is 9.97 Å². The molecule has 4 aromatic rings. The minimum atomic E-state index is 0.0629. The Kier molecular flexibility index (Phi) is 3.02. The second kappa shape index (κ2) is 5.18. The maximum Gasteiger partial charge on any atom is 0.193 e. The molecule has 0 spiro atoms. The molecule has 2 heterocycles. The Balaban J connectivity index is 1.79. The molecule has 26 heavy (non-hydrogen) atoms. The van der Waals surface area contributed by atoms with Crippen molar-refractivity contribution in [2.24, 2.45) is 0 Å². The first-order chi connectivity index (χ1) is 12.5. The number of H-pyrrole nitrogens is 2. The molecule has 1 aliphatic rings. The summed E-state index contributed by atoms with van der Waals surface area (Å²) in [7, 11) is 0. The molecule has 2 aromatic heterocycles. The van der Waals surface area contributed by atoms with Crippen LogP contribution in [-0.2, 0) is 12.8 Å². The highest BCUT2D eigenvalue weighted by Gasteiger charge is 2.23. The van der Waals surface area contributed by atoms with Crippen LogP contribution in [0.4, 0.5) is 0 Å². The van der Waals surface area contributed by atoms with Crippen molar-refractivity contribution in [2.45, 2.75) is 26.7 Å². The van der Waals surface area contributed by atoms with Crippen molar-refractivity contribution in [2.75, 3.05) is 0 Å². The molecule has 0 aliphatic heterocycles. The van der Waals surface area contributed by atoms with Gasteiger partial charge in [-0.15, -0.1) is 0 Å². The van der Waals surface area contributed by atoms with E-state index in [2.05, 4.69) is 9.97 Å². The lowest BCUT2D eigenvalue weighted by molar-refractivity contribution is 0.905. The summed E-state index contributed by atoms with van der Waals surface area (Å²) in [6.07, 6.45) is 0.922. The number of nitrogens with one attached hydrogen (secondary N) is 2. The molecule has 5 rings (SSSR count). The van der Waals surface area contributed by atoms with Gasteiger partial charge < -0.3 is 9.97 Å². The fourth-order valence-corrected chi connectivity index (χ4v) is 4.01. The Morgan fingerprint density at radius 2 is 1.12 bits per heavy atom. The van der Waals surface area contributed by atoms with Crippen LogP contribution in [0.15, 0.2) is 46.0 Å². The van der Waals surface area contributed by atoms with Crippen molar-refractivity contribution in [1.82, 2.24) is 9.97 Å². The third kappa shape index (κ3) is 2.08. The highest BCUT2D eigenvalue weighted by molar-refractivity contribution is 5.82. The van der Waals surface area contributed by atoms with Crippen LogP contribution >= 0.6 is 0 Å². The van der Waals surface area contributed by atoms with Gasteiger partial charge in [0.25, 0.3) is 0 Å². The Labute approximate surface area is 149 Å². The van der Waals surface area contributed by atoms with E-state index in [-0.39, 0.29) is 10.9 Å². The lowest BCUT2D eigenvalue weighted by atomic mass is 9.89. The van der Waals surface area contributed by atoms with Gasteiger partial charge in [0, 0.05) is 57.2 Å². The number of hydrogen-bond acceptors (Lipinski definition) is 2. The lowest BCUT2D eigenvalue weighted by Gasteiger charge is -2.20. The van der Waals surface area contributed by atoms with E-state index < -0.39 is 0 Å². The fraction of sp³-hybridized carbons (Fsp3) is 0.182. The Morgan fingerprint density at radius 1 is 0.692 bits per heavy atom. The average Bonchev–Trinajstić information content (AvgIpc) is 2.63. The van der Waals surface area contributed by atoms with Crippen molar-refractivity contribution in [3.63, 3.8) is 0 Å². The Bertz CT molecular complexity index is 1240. The smallest absolute Gasteiger partial charge is 0.193 e. The van der Waals surface area contributed by atoms with Crippen molar-refractivity contribution >= 4 is 21.8 Å². The maximum atomic E-state index is 13.0. The number of benzene rings is 2. The first-order valence-corrected chi connectivity index (χ1v) is 8.80. The molecular formula is C22H18N2O2. The van der Waals surface area contributed by atoms with E-state index in [0.717, 1.165) is 44.7 Å². The molecule has 0 radical (unpaired) electrons. The van der Waals surface area contributed by atoms with Crippen LogP contribution < -0.4 is 10.9 Å². The summed E-state index contributed by atoms with van der Waals surface area (Å²) in [5, 5.41) is 1.43. The SMILES string of the molecule is Cc1ccc2[nH]c3c(c(=O)c2c1)Cc1[nH]c2ccc(C)cc2c(=O)c1C3. The molecule has 0 saturated heterocycles. The zero-order chi connectivity index (χ0) is 18.0. The van der Waals surface area contributed by atoms with Crippen molar-refractivity contribution < 1.29 is 0 Å². The van der Waals surface area contributed by atoms with Gasteiger partial charge in [-0.3, -0.25) is 9.59 Å². The molecule has 0 saturated carbocycles. The van der Waals surface area contributed by atoms with E-state index >= 15 is 0 Å². The van der Waals surface area contributed by atoms with E-state index in [1.54, 1.807) is 0 Å². The zero-order valence-corrected chi connectivity index (χ0v) is 14.7. The normalized spacial score (nSPS) is 13.0. The predicted octanol–water partition coefficient (Wildman–Crippen LogP) is 3.48. The highest BCUT2D eigenvalue weighted by atomic mass is 16.1. The van der Waals surface area contributed by atoms with Gasteiger partial charge in [0.2, 0.25) is 0 Å². The monoisotopic (exact) mass is 342 g/mol. The van der Waals surface area contributed by atoms with Gasteiger partial charge in [-0.2, -0.15) is 0 Å². The molecule has 1 aliphatic carbocycles. The first-order valence-electron chi connectivity index (χ1n) is 8.80. The van der Waals surface area contributed by atoms with Crippen LogP contribution in [0.2, 0.25) is 0 Å². The molecule has 0 bridgehead atoms. The third-order valence-corrected chi connectivity index (χ3v) is 5.39. The quantitative estimate of drug-likeness (QED) is 0.452. The highest BCUT2D eigenvalue weighted by Crippen LogP contribution is 2.25. The van der Waals surface area contributed by atoms with E-state index in [1.165, 1.54) is 0 Å². The molecule has 2 N–H and O–H groups in total. The summed E-state index contributed by atoms with van der Waals surface area (Å²) < 4.78 is 0. The van der Waals surface area contributed by atoms with E-state index in [4.69, 9.17) is 0 Å². The van der Waals surface area contributed by atoms with Crippen molar-refractivity contribution in [3.05, 3.63) is 90.5 Å². The minimum Gasteiger partial charge on any atom is -0.358 e. The number of hydrogen-bond donors (Lipinski definition) is 2. The lowest BCUT2D eigenvalue weighted by Crippen LogP contribution is -2.26. The van der Waals surface area contributed by atoms with E-state index in [0.29, 0.717) is 23.6 Å². The van der Waals surface area contributed by atoms with Crippen molar-refractivity contribution in [3.8, 4) is 0 Å². The molecule has 0 amide bonds. The van der Waals surface area contributed by atoms with Gasteiger partial charge >= 0.3 is 0 Å². The molecule has 0 atom stereocenters. The second-order valence-corrected chi connectivity index (χ2v) is 7.27. The summed E-state index contributed by atoms with van der Waals surface area (Å²) in [5.74, 6) is 0. The average molecular weight is 342 g/mol. The molecule has 0 unspecified atom stereocenters. The number of aromatic amines is 2. The van der Waals surface area contributed by atoms with Gasteiger partial charge in [-0.1, -0.05) is 23.3 Å². The maximum absolute atomic E-state index is 13.0. The van der Waals surface area contributed by atoms with Crippen LogP contribution in [0.3, 0.4) is 0 Å². The van der Waals surface area contributed by atoms with Crippen LogP contribution in [0.5, 0.6) is 0 Å². The molecule has 4 heteroatoms. The summed E-state index contributed by atoms with van der Waals surface area (Å²) in [6.45, 7) is 3.97. The Hall–Kier alpha value is -3.14. The molecule has 2 aromatic carbocycles. The largest absolute Gasteiger partial charge is 0.358 e. The van der Waals surface area contributed by atoms with Crippen LogP contribution in [0, 0.1) is 13.8 Å². The first kappa shape index (κ1) is 15.1. The van der Waals surface area contributed by atoms with E-state index in [1.807, 2.05) is 50.2 Å².